The van der Waals surface area contributed by atoms with Crippen molar-refractivity contribution in [3.8, 4) is 0 Å². The molecule has 0 radical (unpaired) electrons. The number of hydrogen-bond donors (Lipinski definition) is 1. The minimum atomic E-state index is -0.801. The van der Waals surface area contributed by atoms with E-state index >= 15 is 0 Å². The van der Waals surface area contributed by atoms with Gasteiger partial charge in [-0.05, 0) is 13.8 Å². The van der Waals surface area contributed by atoms with E-state index in [1.165, 1.54) is 0 Å². The second-order valence-corrected chi connectivity index (χ2v) is 4.63. The maximum atomic E-state index is 11.5. The van der Waals surface area contributed by atoms with Crippen molar-refractivity contribution in [2.45, 2.75) is 13.8 Å². The van der Waals surface area contributed by atoms with Gasteiger partial charge in [0, 0.05) is 19.6 Å². The summed E-state index contributed by atoms with van der Waals surface area (Å²) in [6, 6.07) is 0. The van der Waals surface area contributed by atoms with Crippen LogP contribution in [-0.2, 0) is 14.3 Å². The van der Waals surface area contributed by atoms with Crippen LogP contribution in [0.15, 0.2) is 0 Å². The molecular weight excluding hydrogens is 210 g/mol. The molecule has 0 aromatic heterocycles. The number of rotatable bonds is 5. The van der Waals surface area contributed by atoms with Gasteiger partial charge in [0.05, 0.1) is 25.2 Å². The topological polar surface area (TPSA) is 59.0 Å². The van der Waals surface area contributed by atoms with E-state index in [9.17, 15) is 4.79 Å². The smallest absolute Gasteiger partial charge is 0.313 e. The van der Waals surface area contributed by atoms with Crippen molar-refractivity contribution in [1.29, 1.82) is 0 Å². The quantitative estimate of drug-likeness (QED) is 0.668. The largest absolute Gasteiger partial charge is 0.464 e. The summed E-state index contributed by atoms with van der Waals surface area (Å²) in [6.07, 6.45) is 0. The number of morpholine rings is 1. The first-order valence-electron chi connectivity index (χ1n) is 5.64. The minimum Gasteiger partial charge on any atom is -0.464 e. The minimum absolute atomic E-state index is 0.191. The third kappa shape index (κ3) is 4.08. The van der Waals surface area contributed by atoms with E-state index in [0.717, 1.165) is 32.8 Å². The molecular formula is C11H21NO4. The molecule has 1 heterocycles. The number of hydrogen-bond acceptors (Lipinski definition) is 5. The van der Waals surface area contributed by atoms with Gasteiger partial charge in [0.25, 0.3) is 0 Å². The molecule has 0 unspecified atom stereocenters. The molecule has 0 atom stereocenters. The van der Waals surface area contributed by atoms with E-state index in [2.05, 4.69) is 4.90 Å². The standard InChI is InChI=1S/C11H21NO4/c1-11(2,9-13)10(14)16-8-5-12-3-6-15-7-4-12/h13H,3-9H2,1-2H3. The molecule has 1 fully saturated rings. The zero-order chi connectivity index (χ0) is 12.0. The number of ether oxygens (including phenoxy) is 2. The molecule has 0 saturated carbocycles. The Balaban J connectivity index is 2.17. The maximum Gasteiger partial charge on any atom is 0.313 e. The van der Waals surface area contributed by atoms with Crippen LogP contribution in [0.25, 0.3) is 0 Å². The summed E-state index contributed by atoms with van der Waals surface area (Å²) in [5, 5.41) is 8.98. The lowest BCUT2D eigenvalue weighted by Gasteiger charge is -2.27. The Morgan fingerprint density at radius 1 is 1.44 bits per heavy atom. The Bertz CT molecular complexity index is 224. The summed E-state index contributed by atoms with van der Waals surface area (Å²) < 4.78 is 10.3. The van der Waals surface area contributed by atoms with Crippen molar-refractivity contribution in [3.05, 3.63) is 0 Å². The highest BCUT2D eigenvalue weighted by molar-refractivity contribution is 5.75. The summed E-state index contributed by atoms with van der Waals surface area (Å²) in [6.45, 7) is 7.53. The molecule has 1 N–H and O–H groups in total. The normalized spacial score (nSPS) is 18.4. The van der Waals surface area contributed by atoms with Gasteiger partial charge in [0.1, 0.15) is 6.61 Å². The third-order valence-corrected chi connectivity index (χ3v) is 2.69. The van der Waals surface area contributed by atoms with Gasteiger partial charge in [-0.1, -0.05) is 0 Å². The van der Waals surface area contributed by atoms with Crippen molar-refractivity contribution >= 4 is 5.97 Å². The Hall–Kier alpha value is -0.650. The van der Waals surface area contributed by atoms with Gasteiger partial charge in [-0.15, -0.1) is 0 Å². The predicted molar refractivity (Wildman–Crippen MR) is 59.1 cm³/mol. The molecule has 0 aromatic carbocycles. The molecule has 1 aliphatic rings. The molecule has 1 rings (SSSR count). The molecule has 5 nitrogen and oxygen atoms in total. The fourth-order valence-electron chi connectivity index (χ4n) is 1.35. The second kappa shape index (κ2) is 6.18. The fourth-order valence-corrected chi connectivity index (χ4v) is 1.35. The van der Waals surface area contributed by atoms with Gasteiger partial charge in [-0.3, -0.25) is 9.69 Å². The zero-order valence-corrected chi connectivity index (χ0v) is 10.1. The first-order chi connectivity index (χ1) is 7.56. The fraction of sp³-hybridized carbons (Fsp3) is 0.909. The van der Waals surface area contributed by atoms with Crippen LogP contribution in [0.5, 0.6) is 0 Å². The van der Waals surface area contributed by atoms with Crippen molar-refractivity contribution in [2.24, 2.45) is 5.41 Å². The molecule has 16 heavy (non-hydrogen) atoms. The average molecular weight is 231 g/mol. The number of carbonyl (C=O) groups is 1. The maximum absolute atomic E-state index is 11.5. The number of esters is 1. The van der Waals surface area contributed by atoms with Gasteiger partial charge in [-0.25, -0.2) is 0 Å². The van der Waals surface area contributed by atoms with Gasteiger partial charge in [0.2, 0.25) is 0 Å². The van der Waals surface area contributed by atoms with Crippen molar-refractivity contribution in [1.82, 2.24) is 4.90 Å². The highest BCUT2D eigenvalue weighted by Gasteiger charge is 2.28. The molecule has 0 aromatic rings. The molecule has 5 heteroatoms. The van der Waals surface area contributed by atoms with Crippen LogP contribution in [-0.4, -0.2) is 62.0 Å². The summed E-state index contributed by atoms with van der Waals surface area (Å²) in [4.78, 5) is 13.7. The number of nitrogens with zero attached hydrogens (tertiary/aromatic N) is 1. The average Bonchev–Trinajstić information content (AvgIpc) is 2.30. The lowest BCUT2D eigenvalue weighted by Crippen LogP contribution is -2.39. The monoisotopic (exact) mass is 231 g/mol. The highest BCUT2D eigenvalue weighted by Crippen LogP contribution is 2.15. The van der Waals surface area contributed by atoms with Gasteiger partial charge < -0.3 is 14.6 Å². The molecule has 0 aliphatic carbocycles. The number of aliphatic hydroxyl groups excluding tert-OH is 1. The molecule has 0 spiro atoms. The van der Waals surface area contributed by atoms with Crippen molar-refractivity contribution in [3.63, 3.8) is 0 Å². The van der Waals surface area contributed by atoms with E-state index in [0.29, 0.717) is 6.61 Å². The molecule has 0 amide bonds. The lowest BCUT2D eigenvalue weighted by atomic mass is 9.95. The second-order valence-electron chi connectivity index (χ2n) is 4.63. The summed E-state index contributed by atoms with van der Waals surface area (Å²) in [7, 11) is 0. The molecule has 1 aliphatic heterocycles. The molecule has 0 bridgehead atoms. The highest BCUT2D eigenvalue weighted by atomic mass is 16.5. The van der Waals surface area contributed by atoms with E-state index < -0.39 is 5.41 Å². The summed E-state index contributed by atoms with van der Waals surface area (Å²) >= 11 is 0. The van der Waals surface area contributed by atoms with E-state index in [4.69, 9.17) is 14.6 Å². The Morgan fingerprint density at radius 3 is 2.62 bits per heavy atom. The van der Waals surface area contributed by atoms with Crippen LogP contribution < -0.4 is 0 Å². The van der Waals surface area contributed by atoms with Gasteiger partial charge in [0.15, 0.2) is 0 Å². The number of carbonyl (C=O) groups excluding carboxylic acids is 1. The summed E-state index contributed by atoms with van der Waals surface area (Å²) in [5.74, 6) is -0.344. The van der Waals surface area contributed by atoms with Crippen LogP contribution >= 0.6 is 0 Å². The Kier molecular flexibility index (Phi) is 5.18. The van der Waals surface area contributed by atoms with Gasteiger partial charge >= 0.3 is 5.97 Å². The van der Waals surface area contributed by atoms with Crippen LogP contribution in [0.2, 0.25) is 0 Å². The van der Waals surface area contributed by atoms with E-state index in [-0.39, 0.29) is 12.6 Å². The van der Waals surface area contributed by atoms with Crippen LogP contribution in [0, 0.1) is 5.41 Å². The first kappa shape index (κ1) is 13.4. The van der Waals surface area contributed by atoms with Crippen LogP contribution in [0.4, 0.5) is 0 Å². The van der Waals surface area contributed by atoms with Crippen molar-refractivity contribution in [2.75, 3.05) is 46.1 Å². The van der Waals surface area contributed by atoms with E-state index in [1.807, 2.05) is 0 Å². The SMILES string of the molecule is CC(C)(CO)C(=O)OCCN1CCOCC1. The molecule has 94 valence electrons. The predicted octanol–water partition coefficient (Wildman–Crippen LogP) is -0.120. The van der Waals surface area contributed by atoms with E-state index in [1.54, 1.807) is 13.8 Å². The Labute approximate surface area is 96.3 Å². The Morgan fingerprint density at radius 2 is 2.06 bits per heavy atom. The number of aliphatic hydroxyl groups is 1. The van der Waals surface area contributed by atoms with Gasteiger partial charge in [-0.2, -0.15) is 0 Å². The van der Waals surface area contributed by atoms with Crippen molar-refractivity contribution < 1.29 is 19.4 Å². The zero-order valence-electron chi connectivity index (χ0n) is 10.1. The van der Waals surface area contributed by atoms with Crippen LogP contribution in [0.1, 0.15) is 13.8 Å². The van der Waals surface area contributed by atoms with Crippen LogP contribution in [0.3, 0.4) is 0 Å². The summed E-state index contributed by atoms with van der Waals surface area (Å²) in [5.41, 5.74) is -0.801. The lowest BCUT2D eigenvalue weighted by molar-refractivity contribution is -0.156. The first-order valence-corrected chi connectivity index (χ1v) is 5.64. The molecule has 1 saturated heterocycles. The third-order valence-electron chi connectivity index (χ3n) is 2.69.